The van der Waals surface area contributed by atoms with Crippen molar-refractivity contribution in [3.05, 3.63) is 29.8 Å². The highest BCUT2D eigenvalue weighted by molar-refractivity contribution is 6.76. The Morgan fingerprint density at radius 1 is 1.20 bits per heavy atom. The highest BCUT2D eigenvalue weighted by Crippen LogP contribution is 2.49. The van der Waals surface area contributed by atoms with Crippen molar-refractivity contribution in [1.82, 2.24) is 0 Å². The summed E-state index contributed by atoms with van der Waals surface area (Å²) in [6.07, 6.45) is 4.65. The fourth-order valence-corrected chi connectivity index (χ4v) is 4.47. The lowest BCUT2D eigenvalue weighted by atomic mass is 9.63. The van der Waals surface area contributed by atoms with Crippen LogP contribution in [0.2, 0.25) is 25.7 Å². The van der Waals surface area contributed by atoms with Crippen LogP contribution in [0.15, 0.2) is 24.3 Å². The third-order valence-corrected chi connectivity index (χ3v) is 7.36. The van der Waals surface area contributed by atoms with Gasteiger partial charge >= 0.3 is 0 Å². The van der Waals surface area contributed by atoms with Gasteiger partial charge in [-0.2, -0.15) is 0 Å². The quantitative estimate of drug-likeness (QED) is 0.301. The van der Waals surface area contributed by atoms with Crippen molar-refractivity contribution >= 4 is 14.4 Å². The Bertz CT molecular complexity index is 583. The summed E-state index contributed by atoms with van der Waals surface area (Å²) >= 11 is 0. The van der Waals surface area contributed by atoms with Crippen LogP contribution in [0.25, 0.3) is 0 Å². The molecule has 2 aliphatic heterocycles. The van der Waals surface area contributed by atoms with Gasteiger partial charge in [0.2, 0.25) is 0 Å². The summed E-state index contributed by atoms with van der Waals surface area (Å²) in [4.78, 5) is 11.3. The van der Waals surface area contributed by atoms with E-state index in [9.17, 15) is 4.79 Å². The van der Waals surface area contributed by atoms with E-state index in [1.54, 1.807) is 0 Å². The molecule has 1 aromatic carbocycles. The molecule has 5 heteroatoms. The highest BCUT2D eigenvalue weighted by Gasteiger charge is 2.50. The molecule has 3 aliphatic rings. The molecular weight excluding hydrogens is 332 g/mol. The molecule has 3 fully saturated rings. The third kappa shape index (κ3) is 4.33. The predicted octanol–water partition coefficient (Wildman–Crippen LogP) is 4.16. The van der Waals surface area contributed by atoms with Gasteiger partial charge in [0.15, 0.2) is 13.1 Å². The number of benzene rings is 1. The summed E-state index contributed by atoms with van der Waals surface area (Å²) < 4.78 is 17.4. The lowest BCUT2D eigenvalue weighted by Crippen LogP contribution is -2.54. The van der Waals surface area contributed by atoms with Gasteiger partial charge in [-0.15, -0.1) is 0 Å². The van der Waals surface area contributed by atoms with Gasteiger partial charge in [0.05, 0.1) is 6.61 Å². The molecule has 0 N–H and O–H groups in total. The molecule has 1 saturated carbocycles. The zero-order chi connectivity index (χ0) is 18.0. The van der Waals surface area contributed by atoms with Crippen LogP contribution < -0.4 is 4.74 Å². The fraction of sp³-hybridized carbons (Fsp3) is 0.650. The van der Waals surface area contributed by atoms with E-state index >= 15 is 0 Å². The molecule has 0 unspecified atom stereocenters. The Morgan fingerprint density at radius 2 is 1.96 bits per heavy atom. The number of fused-ring (bicyclic) bond motifs is 3. The van der Waals surface area contributed by atoms with Crippen LogP contribution in [0, 0.1) is 0 Å². The Hall–Kier alpha value is -1.17. The third-order valence-electron chi connectivity index (χ3n) is 5.66. The van der Waals surface area contributed by atoms with Crippen molar-refractivity contribution in [3.63, 3.8) is 0 Å². The zero-order valence-electron chi connectivity index (χ0n) is 15.7. The lowest BCUT2D eigenvalue weighted by Gasteiger charge is -2.51. The number of hydrogen-bond donors (Lipinski definition) is 0. The maximum Gasteiger partial charge on any atom is 0.189 e. The van der Waals surface area contributed by atoms with Gasteiger partial charge in [-0.25, -0.2) is 0 Å². The van der Waals surface area contributed by atoms with Crippen molar-refractivity contribution in [2.24, 2.45) is 0 Å². The minimum atomic E-state index is -1.06. The molecule has 0 aromatic heterocycles. The largest absolute Gasteiger partial charge is 0.468 e. The van der Waals surface area contributed by atoms with E-state index in [0.717, 1.165) is 50.4 Å². The van der Waals surface area contributed by atoms with Crippen LogP contribution in [0.1, 0.15) is 31.2 Å². The Balaban J connectivity index is 1.56. The van der Waals surface area contributed by atoms with Crippen LogP contribution in [0.3, 0.4) is 0 Å². The van der Waals surface area contributed by atoms with E-state index < -0.39 is 13.7 Å². The highest BCUT2D eigenvalue weighted by atomic mass is 28.3. The Kier molecular flexibility index (Phi) is 5.37. The molecule has 2 heterocycles. The number of aldehydes is 1. The molecule has 2 saturated heterocycles. The summed E-state index contributed by atoms with van der Waals surface area (Å²) in [5.74, 6) is 0.845. The number of rotatable bonds is 8. The average Bonchev–Trinajstić information content (AvgIpc) is 2.62. The molecule has 4 nitrogen and oxygen atoms in total. The summed E-state index contributed by atoms with van der Waals surface area (Å²) in [6, 6.07) is 9.43. The van der Waals surface area contributed by atoms with Crippen LogP contribution in [0.5, 0.6) is 5.75 Å². The first kappa shape index (κ1) is 18.6. The van der Waals surface area contributed by atoms with E-state index in [1.807, 2.05) is 12.1 Å². The van der Waals surface area contributed by atoms with Crippen LogP contribution in [0.4, 0.5) is 0 Å². The fourth-order valence-electron chi connectivity index (χ4n) is 3.71. The van der Waals surface area contributed by atoms with E-state index in [1.165, 1.54) is 5.56 Å². The number of carbonyl (C=O) groups is 1. The van der Waals surface area contributed by atoms with E-state index in [-0.39, 0.29) is 5.41 Å². The Labute approximate surface area is 151 Å². The topological polar surface area (TPSA) is 44.8 Å². The molecule has 0 radical (unpaired) electrons. The van der Waals surface area contributed by atoms with Crippen molar-refractivity contribution in [2.45, 2.75) is 62.4 Å². The lowest BCUT2D eigenvalue weighted by molar-refractivity contribution is -0.164. The second kappa shape index (κ2) is 7.21. The zero-order valence-corrected chi connectivity index (χ0v) is 16.7. The first-order chi connectivity index (χ1) is 11.9. The minimum Gasteiger partial charge on any atom is -0.468 e. The molecule has 1 aromatic rings. The van der Waals surface area contributed by atoms with Gasteiger partial charge in [0.25, 0.3) is 0 Å². The normalized spacial score (nSPS) is 28.8. The van der Waals surface area contributed by atoms with E-state index in [2.05, 4.69) is 31.8 Å². The van der Waals surface area contributed by atoms with Crippen molar-refractivity contribution in [2.75, 3.05) is 20.0 Å². The minimum absolute atomic E-state index is 0.0306. The van der Waals surface area contributed by atoms with Gasteiger partial charge in [-0.05, 0) is 49.4 Å². The SMILES string of the molecule is C[Si](C)(C)CCOCOc1cccc(C23CCC(C=O)(CC2)OC3)c1. The maximum absolute atomic E-state index is 11.3. The van der Waals surface area contributed by atoms with Gasteiger partial charge < -0.3 is 19.0 Å². The molecule has 138 valence electrons. The monoisotopic (exact) mass is 362 g/mol. The van der Waals surface area contributed by atoms with E-state index in [0.29, 0.717) is 13.4 Å². The molecule has 1 aliphatic carbocycles. The molecule has 0 spiro atoms. The first-order valence-electron chi connectivity index (χ1n) is 9.28. The van der Waals surface area contributed by atoms with Crippen LogP contribution in [-0.4, -0.2) is 40.0 Å². The van der Waals surface area contributed by atoms with Gasteiger partial charge in [0, 0.05) is 20.1 Å². The van der Waals surface area contributed by atoms with E-state index in [4.69, 9.17) is 14.2 Å². The maximum atomic E-state index is 11.3. The predicted molar refractivity (Wildman–Crippen MR) is 101 cm³/mol. The van der Waals surface area contributed by atoms with Crippen molar-refractivity contribution in [3.8, 4) is 5.75 Å². The summed E-state index contributed by atoms with van der Waals surface area (Å²) in [6.45, 7) is 8.72. The Morgan fingerprint density at radius 3 is 2.56 bits per heavy atom. The summed E-state index contributed by atoms with van der Waals surface area (Å²) in [5.41, 5.74) is 0.773. The van der Waals surface area contributed by atoms with Gasteiger partial charge in [-0.3, -0.25) is 0 Å². The second-order valence-corrected chi connectivity index (χ2v) is 14.4. The number of carbonyl (C=O) groups excluding carboxylic acids is 1. The smallest absolute Gasteiger partial charge is 0.189 e. The molecular formula is C20H30O4Si. The molecule has 2 bridgehead atoms. The average molecular weight is 363 g/mol. The molecule has 4 rings (SSSR count). The number of hydrogen-bond acceptors (Lipinski definition) is 4. The van der Waals surface area contributed by atoms with Crippen molar-refractivity contribution in [1.29, 1.82) is 0 Å². The van der Waals surface area contributed by atoms with Gasteiger partial charge in [0.1, 0.15) is 11.4 Å². The van der Waals surface area contributed by atoms with Crippen LogP contribution >= 0.6 is 0 Å². The van der Waals surface area contributed by atoms with Crippen molar-refractivity contribution < 1.29 is 19.0 Å². The standard InChI is InChI=1S/C20H30O4Si/c1-25(2,3)12-11-22-16-23-18-6-4-5-17(13-18)19-7-9-20(14-21,10-8-19)24-15-19/h4-6,13-14H,7-12,15-16H2,1-3H3. The number of ether oxygens (including phenoxy) is 3. The molecule has 0 amide bonds. The molecule has 25 heavy (non-hydrogen) atoms. The van der Waals surface area contributed by atoms with Crippen LogP contribution in [-0.2, 0) is 19.7 Å². The first-order valence-corrected chi connectivity index (χ1v) is 13.0. The summed E-state index contributed by atoms with van der Waals surface area (Å²) in [7, 11) is -1.06. The second-order valence-electron chi connectivity index (χ2n) is 8.76. The summed E-state index contributed by atoms with van der Waals surface area (Å²) in [5, 5.41) is 0. The molecule has 0 atom stereocenters. The van der Waals surface area contributed by atoms with Gasteiger partial charge in [-0.1, -0.05) is 31.8 Å².